The molecule has 4 saturated carbocycles. The second-order valence-electron chi connectivity index (χ2n) is 27.4. The van der Waals surface area contributed by atoms with Crippen molar-refractivity contribution < 1.29 is 84.4 Å². The van der Waals surface area contributed by atoms with E-state index in [1.54, 1.807) is 61.5 Å². The molecule has 0 radical (unpaired) electrons. The number of rotatable bonds is 23. The number of fused-ring (bicyclic) bond motifs is 2. The predicted molar refractivity (Wildman–Crippen MR) is 318 cm³/mol. The van der Waals surface area contributed by atoms with E-state index < -0.39 is 153 Å². The number of carbonyl (C=O) groups is 8. The van der Waals surface area contributed by atoms with E-state index >= 15 is 0 Å². The molecule has 0 bridgehead atoms. The van der Waals surface area contributed by atoms with Gasteiger partial charge in [-0.05, 0) is 144 Å². The van der Waals surface area contributed by atoms with Gasteiger partial charge in [-0.2, -0.15) is 0 Å². The van der Waals surface area contributed by atoms with Crippen LogP contribution in [0.25, 0.3) is 0 Å². The molecule has 0 aromatic heterocycles. The number of nitrogens with one attached hydrogen (secondary N) is 2. The average Bonchev–Trinajstić information content (AvgIpc) is 1.61. The molecule has 7 aliphatic rings. The Hall–Kier alpha value is -4.88. The number of aliphatic hydroxyl groups excluding tert-OH is 2. The molecule has 0 spiro atoms. The smallest absolute Gasteiger partial charge is 0.307 e. The number of nitrogens with zero attached hydrogens (tertiary/aromatic N) is 2. The van der Waals surface area contributed by atoms with Crippen LogP contribution in [0.5, 0.6) is 0 Å². The number of esters is 2. The number of allylic oxidation sites excluding steroid dienone is 4. The van der Waals surface area contributed by atoms with Crippen LogP contribution in [-0.4, -0.2) is 167 Å². The van der Waals surface area contributed by atoms with E-state index in [2.05, 4.69) is 22.6 Å². The molecule has 484 valence electrons. The first-order valence-corrected chi connectivity index (χ1v) is 33.6. The third-order valence-corrected chi connectivity index (χ3v) is 22.3. The molecule has 3 aliphatic heterocycles. The summed E-state index contributed by atoms with van der Waals surface area (Å²) in [5.74, 6) is -7.09. The van der Waals surface area contributed by atoms with Gasteiger partial charge in [-0.3, -0.25) is 47.8 Å². The van der Waals surface area contributed by atoms with E-state index in [0.29, 0.717) is 77.4 Å². The van der Waals surface area contributed by atoms with Crippen LogP contribution in [-0.2, 0) is 77.4 Å². The Kier molecular flexibility index (Phi) is 22.4. The Morgan fingerprint density at radius 3 is 1.99 bits per heavy atom. The molecule has 24 heteroatoms. The van der Waals surface area contributed by atoms with Crippen LogP contribution in [0.2, 0.25) is 0 Å². The van der Waals surface area contributed by atoms with Crippen LogP contribution in [0.3, 0.4) is 0 Å². The van der Waals surface area contributed by atoms with Crippen molar-refractivity contribution in [2.45, 2.75) is 242 Å². The molecule has 22 nitrogen and oxygen atoms in total. The first-order valence-electron chi connectivity index (χ1n) is 30.7. The number of likely N-dealkylation sites (tertiary alicyclic amines) is 1. The van der Waals surface area contributed by atoms with Crippen molar-refractivity contribution in [3.05, 3.63) is 37.5 Å². The summed E-state index contributed by atoms with van der Waals surface area (Å²) in [5, 5.41) is 21.2. The minimum absolute atomic E-state index is 0.00401. The molecule has 7 rings (SSSR count). The standard InChI is InChI=1S/C32H50N2O9S.C30H46N2O9S/c1-8-11-12-15-42-26(10-3)23(17-27(37)43-30(4,5)6)28(38)34-20-22(35)16-24(34)25(36)19-32(18-21(32)9-2)29(39)33-44(40,41)31(7)13-14-31;1-6-24-21(15-25(35)41-28(2,3)4)26(36)32-18-20(33)14-22(32)23(34)17-30(16-19(30)10-8-7-9-13-40-24)27(37)31-42(38,39)29(5)11-12-29/h8-9,21-24,26,35H,1-2,10-20H2,3-7H3,(H,33,39);8,10,19-22,24,33H,6-7,9,11-18H2,1-5H3,(H,31,37)/b;10-8-/t21-,22-,23+,24+,26+,32-;19-,20-,21+,22+,24+,30-/m11/s1. The van der Waals surface area contributed by atoms with E-state index in [9.17, 15) is 65.4 Å². The van der Waals surface area contributed by atoms with Gasteiger partial charge in [0.1, 0.15) is 11.2 Å². The third-order valence-electron chi connectivity index (χ3n) is 18.0. The Morgan fingerprint density at radius 1 is 0.849 bits per heavy atom. The normalized spacial score (nSPS) is 30.7. The Morgan fingerprint density at radius 2 is 1.44 bits per heavy atom. The lowest BCUT2D eigenvalue weighted by Crippen LogP contribution is -2.49. The number of amides is 4. The number of ketones is 2. The summed E-state index contributed by atoms with van der Waals surface area (Å²) >= 11 is 0. The molecule has 4 aliphatic carbocycles. The van der Waals surface area contributed by atoms with Crippen LogP contribution < -0.4 is 9.44 Å². The van der Waals surface area contributed by atoms with Gasteiger partial charge in [-0.1, -0.05) is 38.2 Å². The van der Waals surface area contributed by atoms with E-state index in [-0.39, 0.29) is 64.0 Å². The second kappa shape index (κ2) is 27.5. The zero-order valence-corrected chi connectivity index (χ0v) is 53.8. The summed E-state index contributed by atoms with van der Waals surface area (Å²) in [7, 11) is -7.83. The monoisotopic (exact) mass is 1250 g/mol. The van der Waals surface area contributed by atoms with Crippen LogP contribution in [0.1, 0.15) is 185 Å². The molecule has 0 unspecified atom stereocenters. The zero-order valence-electron chi connectivity index (χ0n) is 52.2. The maximum absolute atomic E-state index is 14.1. The van der Waals surface area contributed by atoms with Crippen LogP contribution in [0.4, 0.5) is 0 Å². The van der Waals surface area contributed by atoms with Crippen molar-refractivity contribution in [2.75, 3.05) is 26.3 Å². The van der Waals surface area contributed by atoms with Crippen molar-refractivity contribution in [2.24, 2.45) is 34.5 Å². The lowest BCUT2D eigenvalue weighted by molar-refractivity contribution is -0.162. The maximum atomic E-state index is 14.1. The van der Waals surface area contributed by atoms with E-state index in [4.69, 9.17) is 18.9 Å². The summed E-state index contributed by atoms with van der Waals surface area (Å²) in [6, 6.07) is -2.06. The van der Waals surface area contributed by atoms with Crippen LogP contribution in [0, 0.1) is 34.5 Å². The molecule has 2 saturated heterocycles. The van der Waals surface area contributed by atoms with Gasteiger partial charge in [0.15, 0.2) is 11.6 Å². The molecule has 0 aromatic carbocycles. The molecule has 86 heavy (non-hydrogen) atoms. The summed E-state index contributed by atoms with van der Waals surface area (Å²) < 4.78 is 77.0. The van der Waals surface area contributed by atoms with Gasteiger partial charge < -0.3 is 39.0 Å². The molecule has 6 fully saturated rings. The van der Waals surface area contributed by atoms with Crippen molar-refractivity contribution >= 4 is 67.2 Å². The van der Waals surface area contributed by atoms with Gasteiger partial charge in [-0.25, -0.2) is 16.8 Å². The van der Waals surface area contributed by atoms with Crippen LogP contribution in [0.15, 0.2) is 37.5 Å². The summed E-state index contributed by atoms with van der Waals surface area (Å²) in [5.41, 5.74) is -4.07. The molecule has 12 atom stereocenters. The SMILES string of the molecule is C=CCCCO[C@@H](CC)[C@H](CC(=O)OC(C)(C)C)C(=O)N1C[C@H](O)C[C@H]1C(=O)C[C@]1(C(=O)NS(=O)(=O)C2(C)CC2)C[C@H]1C=C.CC[C@@H]1OCCC/C=C\[C@@H]2C[C@@]2(C(=O)NS(=O)(=O)C2(C)CC2)CC(=O)[C@@H]2C[C@@H](O)CN2C(=O)[C@H]1CC(=O)OC(C)(C)C. The van der Waals surface area contributed by atoms with Crippen molar-refractivity contribution in [3.8, 4) is 0 Å². The van der Waals surface area contributed by atoms with Gasteiger partial charge in [0.2, 0.25) is 43.7 Å². The minimum Gasteiger partial charge on any atom is -0.460 e. The maximum Gasteiger partial charge on any atom is 0.307 e. The van der Waals surface area contributed by atoms with Gasteiger partial charge >= 0.3 is 11.9 Å². The highest BCUT2D eigenvalue weighted by Crippen LogP contribution is 2.59. The highest BCUT2D eigenvalue weighted by atomic mass is 32.2. The van der Waals surface area contributed by atoms with Crippen LogP contribution >= 0.6 is 0 Å². The number of hydrogen-bond acceptors (Lipinski definition) is 18. The average molecular weight is 1250 g/mol. The lowest BCUT2D eigenvalue weighted by atomic mass is 9.90. The predicted octanol–water partition coefficient (Wildman–Crippen LogP) is 5.61. The summed E-state index contributed by atoms with van der Waals surface area (Å²) in [6.07, 6.45) is 8.68. The van der Waals surface area contributed by atoms with Crippen molar-refractivity contribution in [1.82, 2.24) is 19.2 Å². The number of sulfonamides is 2. The second-order valence-corrected chi connectivity index (χ2v) is 31.8. The molecular formula is C62H96N4O18S2. The number of aliphatic hydroxyl groups is 2. The fraction of sp³-hybridized carbons (Fsp3) is 0.774. The first-order chi connectivity index (χ1) is 39.9. The van der Waals surface area contributed by atoms with Crippen molar-refractivity contribution in [3.63, 3.8) is 0 Å². The van der Waals surface area contributed by atoms with Gasteiger partial charge in [0, 0.05) is 52.0 Å². The fourth-order valence-corrected chi connectivity index (χ4v) is 14.7. The molecular weight excluding hydrogens is 1150 g/mol. The quantitative estimate of drug-likeness (QED) is 0.0548. The van der Waals surface area contributed by atoms with E-state index in [0.717, 1.165) is 6.42 Å². The Bertz CT molecular complexity index is 2830. The molecule has 0 aromatic rings. The number of carbonyl (C=O) groups excluding carboxylic acids is 8. The molecule has 4 amide bonds. The van der Waals surface area contributed by atoms with E-state index in [1.807, 2.05) is 26.0 Å². The Labute approximate surface area is 508 Å². The number of hydrogen-bond donors (Lipinski definition) is 4. The third kappa shape index (κ3) is 17.1. The van der Waals surface area contributed by atoms with Gasteiger partial charge in [0.05, 0.1) is 81.5 Å². The summed E-state index contributed by atoms with van der Waals surface area (Å²) in [4.78, 5) is 111. The topological polar surface area (TPSA) is 313 Å². The largest absolute Gasteiger partial charge is 0.460 e. The highest BCUT2D eigenvalue weighted by molar-refractivity contribution is 7.92. The minimum atomic E-state index is -3.92. The van der Waals surface area contributed by atoms with Gasteiger partial charge in [-0.15, -0.1) is 13.2 Å². The lowest BCUT2D eigenvalue weighted by Gasteiger charge is -2.32. The highest BCUT2D eigenvalue weighted by Gasteiger charge is 2.64. The molecule has 3 heterocycles. The van der Waals surface area contributed by atoms with Gasteiger partial charge in [0.25, 0.3) is 0 Å². The fourth-order valence-electron chi connectivity index (χ4n) is 12.0. The Balaban J connectivity index is 0.000000275. The number of β-amino-alcohol motifs (C(OH)–C–C–N with tert-alkyl or cyclic N) is 1. The number of unbranched alkanes of at least 4 members (excludes halogenated alkanes) is 1. The first kappa shape index (κ1) is 70.2. The molecule has 4 N–H and O–H groups in total. The van der Waals surface area contributed by atoms with Crippen molar-refractivity contribution in [1.29, 1.82) is 0 Å². The van der Waals surface area contributed by atoms with E-state index in [1.165, 1.54) is 15.9 Å². The zero-order chi connectivity index (χ0) is 64.2. The number of Topliss-reactive ketones (excluding diaryl/α,β-unsaturated/α-hetero) is 2. The number of ether oxygens (including phenoxy) is 4. The summed E-state index contributed by atoms with van der Waals surface area (Å²) in [6.45, 7) is 25.2.